The summed E-state index contributed by atoms with van der Waals surface area (Å²) in [5.74, 6) is 1.48. The van der Waals surface area contributed by atoms with E-state index in [1.54, 1.807) is 29.5 Å². The number of benzene rings is 3. The summed E-state index contributed by atoms with van der Waals surface area (Å²) < 4.78 is 12.6. The molecule has 2 aromatic heterocycles. The lowest BCUT2D eigenvalue weighted by molar-refractivity contribution is 0.0430. The minimum Gasteiger partial charge on any atom is -0.491 e. The molecule has 1 atom stereocenters. The summed E-state index contributed by atoms with van der Waals surface area (Å²) in [6.45, 7) is 4.86. The molecule has 5 aromatic rings. The molecule has 40 heavy (non-hydrogen) atoms. The van der Waals surface area contributed by atoms with Crippen LogP contribution in [0.15, 0.2) is 77.3 Å². The van der Waals surface area contributed by atoms with Gasteiger partial charge in [-0.1, -0.05) is 64.8 Å². The monoisotopic (exact) mass is 594 g/mol. The molecule has 0 aliphatic carbocycles. The normalized spacial score (nSPS) is 15.5. The van der Waals surface area contributed by atoms with Crippen molar-refractivity contribution in [3.8, 4) is 27.6 Å². The number of nitrogens with zero attached hydrogens (tertiary/aromatic N) is 4. The van der Waals surface area contributed by atoms with Gasteiger partial charge in [0.2, 0.25) is 0 Å². The molecule has 3 aromatic carbocycles. The van der Waals surface area contributed by atoms with Crippen LogP contribution in [0.4, 0.5) is 0 Å². The summed E-state index contributed by atoms with van der Waals surface area (Å²) >= 11 is 14.3. The summed E-state index contributed by atoms with van der Waals surface area (Å²) in [4.78, 5) is 9.34. The van der Waals surface area contributed by atoms with Crippen molar-refractivity contribution in [1.29, 1.82) is 0 Å². The molecule has 0 bridgehead atoms. The summed E-state index contributed by atoms with van der Waals surface area (Å²) in [6.07, 6.45) is -0.588. The second-order valence-electron chi connectivity index (χ2n) is 9.83. The number of hydrogen-bond acceptors (Lipinski definition) is 8. The molecule has 0 radical (unpaired) electrons. The van der Waals surface area contributed by atoms with E-state index in [1.807, 2.05) is 42.5 Å². The van der Waals surface area contributed by atoms with Crippen LogP contribution >= 0.6 is 34.5 Å². The van der Waals surface area contributed by atoms with E-state index in [0.29, 0.717) is 40.1 Å². The topological polar surface area (TPSA) is 74.9 Å². The highest BCUT2D eigenvalue weighted by atomic mass is 35.5. The third-order valence-corrected chi connectivity index (χ3v) is 8.63. The van der Waals surface area contributed by atoms with Gasteiger partial charge in [0.05, 0.1) is 26.8 Å². The molecule has 1 aliphatic heterocycles. The van der Waals surface area contributed by atoms with Gasteiger partial charge in [-0.05, 0) is 24.3 Å². The van der Waals surface area contributed by atoms with Crippen LogP contribution in [0.2, 0.25) is 10.0 Å². The van der Waals surface area contributed by atoms with Crippen molar-refractivity contribution in [2.24, 2.45) is 0 Å². The van der Waals surface area contributed by atoms with E-state index < -0.39 is 6.10 Å². The smallest absolute Gasteiger partial charge is 0.151 e. The number of thiazole rings is 1. The number of aliphatic hydroxyl groups excluding tert-OH is 1. The molecule has 206 valence electrons. The quantitative estimate of drug-likeness (QED) is 0.209. The maximum atomic E-state index is 10.6. The lowest BCUT2D eigenvalue weighted by atomic mass is 10.1. The Morgan fingerprint density at radius 2 is 1.68 bits per heavy atom. The molecule has 1 aliphatic rings. The van der Waals surface area contributed by atoms with E-state index in [2.05, 4.69) is 27.1 Å². The second kappa shape index (κ2) is 12.3. The Hall–Kier alpha value is -2.98. The van der Waals surface area contributed by atoms with Gasteiger partial charge in [0, 0.05) is 56.0 Å². The average molecular weight is 596 g/mol. The Balaban J connectivity index is 0.967. The van der Waals surface area contributed by atoms with Crippen molar-refractivity contribution in [2.75, 3.05) is 39.3 Å². The number of β-amino-alcohol motifs (C(OH)–C–C–N with tert-alkyl or cyclic N) is 1. The van der Waals surface area contributed by atoms with Gasteiger partial charge in [0.1, 0.15) is 29.2 Å². The van der Waals surface area contributed by atoms with E-state index >= 15 is 0 Å². The summed E-state index contributed by atoms with van der Waals surface area (Å²) in [5, 5.41) is 16.9. The molecule has 6 rings (SSSR count). The van der Waals surface area contributed by atoms with Crippen molar-refractivity contribution in [2.45, 2.75) is 12.6 Å². The molecule has 0 spiro atoms. The van der Waals surface area contributed by atoms with Gasteiger partial charge < -0.3 is 14.4 Å². The van der Waals surface area contributed by atoms with E-state index in [9.17, 15) is 5.11 Å². The molecular formula is C30H28Cl2N4O3S. The summed E-state index contributed by atoms with van der Waals surface area (Å²) in [6, 6.07) is 23.4. The predicted octanol–water partition coefficient (Wildman–Crippen LogP) is 6.48. The van der Waals surface area contributed by atoms with Gasteiger partial charge in [0.25, 0.3) is 0 Å². The highest BCUT2D eigenvalue weighted by Crippen LogP contribution is 2.34. The van der Waals surface area contributed by atoms with E-state index in [-0.39, 0.29) is 6.61 Å². The van der Waals surface area contributed by atoms with Crippen LogP contribution < -0.4 is 4.74 Å². The Kier molecular flexibility index (Phi) is 8.34. The van der Waals surface area contributed by atoms with Crippen LogP contribution in [0.1, 0.15) is 5.76 Å². The maximum Gasteiger partial charge on any atom is 0.151 e. The van der Waals surface area contributed by atoms with Crippen molar-refractivity contribution in [1.82, 2.24) is 19.9 Å². The van der Waals surface area contributed by atoms with E-state index in [0.717, 1.165) is 52.7 Å². The predicted molar refractivity (Wildman–Crippen MR) is 160 cm³/mol. The largest absolute Gasteiger partial charge is 0.491 e. The lowest BCUT2D eigenvalue weighted by Crippen LogP contribution is -2.48. The number of fused-ring (bicyclic) bond motifs is 1. The number of aliphatic hydroxyl groups is 1. The van der Waals surface area contributed by atoms with Crippen LogP contribution in [0, 0.1) is 0 Å². The maximum absolute atomic E-state index is 10.6. The molecule has 1 fully saturated rings. The molecule has 1 unspecified atom stereocenters. The summed E-state index contributed by atoms with van der Waals surface area (Å²) in [5.41, 5.74) is 3.33. The molecule has 0 saturated carbocycles. The first-order valence-corrected chi connectivity index (χ1v) is 14.7. The van der Waals surface area contributed by atoms with Crippen molar-refractivity contribution in [3.05, 3.63) is 88.6 Å². The van der Waals surface area contributed by atoms with Gasteiger partial charge in [0.15, 0.2) is 5.76 Å². The van der Waals surface area contributed by atoms with Gasteiger partial charge in [-0.25, -0.2) is 4.98 Å². The van der Waals surface area contributed by atoms with Crippen LogP contribution in [-0.2, 0) is 6.54 Å². The minimum absolute atomic E-state index is 0.229. The zero-order valence-electron chi connectivity index (χ0n) is 21.7. The number of rotatable bonds is 9. The highest BCUT2D eigenvalue weighted by molar-refractivity contribution is 7.21. The number of halogens is 2. The Labute approximate surface area is 246 Å². The first-order valence-electron chi connectivity index (χ1n) is 13.1. The van der Waals surface area contributed by atoms with Gasteiger partial charge in [-0.2, -0.15) is 0 Å². The fraction of sp³-hybridized carbons (Fsp3) is 0.267. The van der Waals surface area contributed by atoms with Crippen LogP contribution in [0.3, 0.4) is 0 Å². The first kappa shape index (κ1) is 27.2. The lowest BCUT2D eigenvalue weighted by Gasteiger charge is -2.35. The second-order valence-corrected chi connectivity index (χ2v) is 11.7. The van der Waals surface area contributed by atoms with E-state index in [4.69, 9.17) is 37.4 Å². The molecule has 7 nitrogen and oxygen atoms in total. The van der Waals surface area contributed by atoms with Crippen molar-refractivity contribution >= 4 is 44.8 Å². The Bertz CT molecular complexity index is 1560. The molecule has 1 N–H and O–H groups in total. The van der Waals surface area contributed by atoms with E-state index in [1.165, 1.54) is 0 Å². The number of ether oxygens (including phenoxy) is 1. The third-order valence-electron chi connectivity index (χ3n) is 6.91. The minimum atomic E-state index is -0.588. The molecular weight excluding hydrogens is 567 g/mol. The van der Waals surface area contributed by atoms with Crippen LogP contribution in [0.5, 0.6) is 5.75 Å². The van der Waals surface area contributed by atoms with Crippen molar-refractivity contribution in [3.63, 3.8) is 0 Å². The molecule has 1 saturated heterocycles. The fourth-order valence-corrected chi connectivity index (χ4v) is 6.39. The number of hydrogen-bond donors (Lipinski definition) is 1. The first-order chi connectivity index (χ1) is 19.5. The zero-order valence-corrected chi connectivity index (χ0v) is 24.0. The number of aromatic nitrogens is 2. The van der Waals surface area contributed by atoms with Crippen LogP contribution in [0.25, 0.3) is 32.0 Å². The standard InChI is InChI=1S/C30H28Cl2N4O3S/c31-24-7-4-8-25(32)29(24)27-16-23(39-34-27)18-36-13-11-35(12-14-36)17-21(37)19-38-22-9-10-28-26(15-22)33-30(40-28)20-5-2-1-3-6-20/h1-10,15-16,21,37H,11-14,17-19H2. The highest BCUT2D eigenvalue weighted by Gasteiger charge is 2.22. The average Bonchev–Trinajstić information content (AvgIpc) is 3.60. The van der Waals surface area contributed by atoms with Gasteiger partial charge in [-0.15, -0.1) is 11.3 Å². The molecule has 0 amide bonds. The fourth-order valence-electron chi connectivity index (χ4n) is 4.84. The Morgan fingerprint density at radius 3 is 2.45 bits per heavy atom. The van der Waals surface area contributed by atoms with Gasteiger partial charge in [-0.3, -0.25) is 9.80 Å². The van der Waals surface area contributed by atoms with Crippen molar-refractivity contribution < 1.29 is 14.4 Å². The SMILES string of the molecule is OC(COc1ccc2sc(-c3ccccc3)nc2c1)CN1CCN(Cc2cc(-c3c(Cl)cccc3Cl)no2)CC1. The summed E-state index contributed by atoms with van der Waals surface area (Å²) in [7, 11) is 0. The Morgan fingerprint density at radius 1 is 0.925 bits per heavy atom. The molecule has 10 heteroatoms. The third kappa shape index (κ3) is 6.33. The van der Waals surface area contributed by atoms with Gasteiger partial charge >= 0.3 is 0 Å². The molecule has 3 heterocycles. The zero-order chi connectivity index (χ0) is 27.5. The van der Waals surface area contributed by atoms with Crippen LogP contribution in [-0.4, -0.2) is 70.5 Å². The number of piperazine rings is 1.